The van der Waals surface area contributed by atoms with Crippen LogP contribution >= 0.6 is 0 Å². The van der Waals surface area contributed by atoms with E-state index >= 15 is 0 Å². The highest BCUT2D eigenvalue weighted by molar-refractivity contribution is 5.69. The fourth-order valence-electron chi connectivity index (χ4n) is 3.57. The minimum atomic E-state index is -0.308. The Kier molecular flexibility index (Phi) is 7.12. The lowest BCUT2D eigenvalue weighted by molar-refractivity contribution is -0.143. The molecule has 5 nitrogen and oxygen atoms in total. The molecule has 3 aromatic rings. The highest BCUT2D eigenvalue weighted by Crippen LogP contribution is 2.28. The van der Waals surface area contributed by atoms with Crippen molar-refractivity contribution in [3.05, 3.63) is 83.4 Å². The van der Waals surface area contributed by atoms with Crippen molar-refractivity contribution < 1.29 is 23.4 Å². The number of aromatic nitrogens is 1. The summed E-state index contributed by atoms with van der Waals surface area (Å²) in [5.74, 6) is 0.534. The number of aryl methyl sites for hydroxylation is 1. The maximum absolute atomic E-state index is 13.9. The third-order valence-electron chi connectivity index (χ3n) is 5.46. The van der Waals surface area contributed by atoms with Gasteiger partial charge in [-0.25, -0.2) is 4.39 Å². The first kappa shape index (κ1) is 22.0. The molecule has 1 aliphatic heterocycles. The molecule has 0 aliphatic carbocycles. The number of halogens is 1. The van der Waals surface area contributed by atoms with E-state index in [1.165, 1.54) is 12.1 Å². The van der Waals surface area contributed by atoms with Crippen LogP contribution in [-0.2, 0) is 27.3 Å². The van der Waals surface area contributed by atoms with Crippen molar-refractivity contribution in [2.24, 2.45) is 0 Å². The molecule has 0 radical (unpaired) electrons. The molecular formula is C26H26FNO4. The Balaban J connectivity index is 1.41. The van der Waals surface area contributed by atoms with Gasteiger partial charge in [0.15, 0.2) is 0 Å². The van der Waals surface area contributed by atoms with Crippen molar-refractivity contribution in [2.45, 2.75) is 32.3 Å². The number of rotatable bonds is 9. The molecule has 166 valence electrons. The van der Waals surface area contributed by atoms with E-state index in [2.05, 4.69) is 4.98 Å². The van der Waals surface area contributed by atoms with Crippen molar-refractivity contribution in [3.8, 4) is 16.9 Å². The van der Waals surface area contributed by atoms with Crippen LogP contribution in [0.1, 0.15) is 36.1 Å². The average molecular weight is 435 g/mol. The third kappa shape index (κ3) is 5.51. The fourth-order valence-corrected chi connectivity index (χ4v) is 3.57. The molecule has 1 aromatic heterocycles. The number of esters is 1. The molecule has 4 rings (SSSR count). The molecule has 0 atom stereocenters. The van der Waals surface area contributed by atoms with E-state index < -0.39 is 0 Å². The normalized spacial score (nSPS) is 13.4. The average Bonchev–Trinajstić information content (AvgIpc) is 2.77. The second-order valence-corrected chi connectivity index (χ2v) is 7.75. The lowest BCUT2D eigenvalue weighted by Crippen LogP contribution is -2.25. The molecule has 0 unspecified atom stereocenters. The summed E-state index contributed by atoms with van der Waals surface area (Å²) in [6, 6.07) is 16.3. The van der Waals surface area contributed by atoms with Gasteiger partial charge in [-0.2, -0.15) is 0 Å². The Hall–Kier alpha value is -3.25. The number of carbonyl (C=O) groups excluding carboxylic acids is 1. The fraction of sp³-hybridized carbons (Fsp3) is 0.308. The van der Waals surface area contributed by atoms with Crippen LogP contribution in [0.25, 0.3) is 11.1 Å². The molecule has 1 aliphatic rings. The van der Waals surface area contributed by atoms with Crippen molar-refractivity contribution in [1.82, 2.24) is 4.98 Å². The Morgan fingerprint density at radius 3 is 2.59 bits per heavy atom. The van der Waals surface area contributed by atoms with Crippen LogP contribution < -0.4 is 4.74 Å². The van der Waals surface area contributed by atoms with Crippen LogP contribution in [0.5, 0.6) is 5.75 Å². The second kappa shape index (κ2) is 10.4. The molecular weight excluding hydrogens is 409 g/mol. The molecule has 2 aromatic carbocycles. The second-order valence-electron chi connectivity index (χ2n) is 7.75. The van der Waals surface area contributed by atoms with Gasteiger partial charge in [-0.15, -0.1) is 0 Å². The van der Waals surface area contributed by atoms with E-state index in [-0.39, 0.29) is 18.4 Å². The summed E-state index contributed by atoms with van der Waals surface area (Å²) < 4.78 is 30.1. The number of benzene rings is 2. The molecule has 0 amide bonds. The number of hydrogen-bond acceptors (Lipinski definition) is 5. The first-order valence-electron chi connectivity index (χ1n) is 10.8. The molecule has 2 heterocycles. The zero-order valence-corrected chi connectivity index (χ0v) is 18.1. The lowest BCUT2D eigenvalue weighted by atomic mass is 9.98. The van der Waals surface area contributed by atoms with Crippen LogP contribution in [0.15, 0.2) is 60.8 Å². The van der Waals surface area contributed by atoms with Gasteiger partial charge in [0, 0.05) is 35.4 Å². The van der Waals surface area contributed by atoms with E-state index in [1.54, 1.807) is 13.0 Å². The van der Waals surface area contributed by atoms with Gasteiger partial charge in [-0.1, -0.05) is 24.3 Å². The van der Waals surface area contributed by atoms with Crippen LogP contribution in [0.2, 0.25) is 0 Å². The summed E-state index contributed by atoms with van der Waals surface area (Å²) in [4.78, 5) is 16.1. The van der Waals surface area contributed by atoms with E-state index in [1.807, 2.05) is 42.6 Å². The van der Waals surface area contributed by atoms with Crippen molar-refractivity contribution in [1.29, 1.82) is 0 Å². The van der Waals surface area contributed by atoms with Crippen molar-refractivity contribution in [3.63, 3.8) is 0 Å². The smallest absolute Gasteiger partial charge is 0.306 e. The highest BCUT2D eigenvalue weighted by Gasteiger charge is 2.21. The van der Waals surface area contributed by atoms with Gasteiger partial charge in [-0.05, 0) is 54.8 Å². The number of carbonyl (C=O) groups is 1. The monoisotopic (exact) mass is 435 g/mol. The quantitative estimate of drug-likeness (QED) is 0.439. The SMILES string of the molecule is CCOC(=O)CCc1ccc(OCc2cc(F)ccc2-c2ccc(C3COC3)nc2)cc1. The van der Waals surface area contributed by atoms with Gasteiger partial charge >= 0.3 is 5.97 Å². The van der Waals surface area contributed by atoms with E-state index in [0.717, 1.165) is 27.9 Å². The molecule has 0 spiro atoms. The molecule has 1 fully saturated rings. The van der Waals surface area contributed by atoms with E-state index in [0.29, 0.717) is 44.3 Å². The number of ether oxygens (including phenoxy) is 3. The summed E-state index contributed by atoms with van der Waals surface area (Å²) in [6.07, 6.45) is 2.78. The summed E-state index contributed by atoms with van der Waals surface area (Å²) in [5, 5.41) is 0. The van der Waals surface area contributed by atoms with Gasteiger partial charge < -0.3 is 14.2 Å². The Labute approximate surface area is 187 Å². The minimum absolute atomic E-state index is 0.199. The highest BCUT2D eigenvalue weighted by atomic mass is 19.1. The number of pyridine rings is 1. The van der Waals surface area contributed by atoms with Gasteiger partial charge in [0.25, 0.3) is 0 Å². The number of hydrogen-bond donors (Lipinski definition) is 0. The lowest BCUT2D eigenvalue weighted by Gasteiger charge is -2.25. The minimum Gasteiger partial charge on any atom is -0.489 e. The Bertz CT molecular complexity index is 1050. The van der Waals surface area contributed by atoms with Crippen LogP contribution in [-0.4, -0.2) is 30.8 Å². The van der Waals surface area contributed by atoms with Gasteiger partial charge in [0.2, 0.25) is 0 Å². The van der Waals surface area contributed by atoms with Crippen LogP contribution in [0.3, 0.4) is 0 Å². The van der Waals surface area contributed by atoms with Gasteiger partial charge in [0.05, 0.1) is 19.8 Å². The molecule has 1 saturated heterocycles. The largest absolute Gasteiger partial charge is 0.489 e. The predicted molar refractivity (Wildman–Crippen MR) is 119 cm³/mol. The molecule has 32 heavy (non-hydrogen) atoms. The first-order valence-corrected chi connectivity index (χ1v) is 10.8. The maximum Gasteiger partial charge on any atom is 0.306 e. The van der Waals surface area contributed by atoms with Crippen LogP contribution in [0.4, 0.5) is 4.39 Å². The zero-order valence-electron chi connectivity index (χ0n) is 18.1. The van der Waals surface area contributed by atoms with Crippen molar-refractivity contribution in [2.75, 3.05) is 19.8 Å². The molecule has 0 saturated carbocycles. The standard InChI is InChI=1S/C26H26FNO4/c1-2-31-26(29)12-5-18-3-8-23(9-4-18)32-17-20-13-22(27)7-10-24(20)19-6-11-25(28-14-19)21-15-30-16-21/h3-4,6-11,13-14,21H,2,5,12,15-17H2,1H3. The Morgan fingerprint density at radius 2 is 1.94 bits per heavy atom. The van der Waals surface area contributed by atoms with Gasteiger partial charge in [-0.3, -0.25) is 9.78 Å². The first-order chi connectivity index (χ1) is 15.6. The van der Waals surface area contributed by atoms with Crippen molar-refractivity contribution >= 4 is 5.97 Å². The van der Waals surface area contributed by atoms with Gasteiger partial charge in [0.1, 0.15) is 18.2 Å². The topological polar surface area (TPSA) is 57.7 Å². The summed E-state index contributed by atoms with van der Waals surface area (Å²) in [5.41, 5.74) is 4.60. The molecule has 6 heteroatoms. The van der Waals surface area contributed by atoms with E-state index in [9.17, 15) is 9.18 Å². The summed E-state index contributed by atoms with van der Waals surface area (Å²) in [7, 11) is 0. The maximum atomic E-state index is 13.9. The number of nitrogens with zero attached hydrogens (tertiary/aromatic N) is 1. The van der Waals surface area contributed by atoms with Crippen LogP contribution in [0, 0.1) is 5.82 Å². The Morgan fingerprint density at radius 1 is 1.12 bits per heavy atom. The van der Waals surface area contributed by atoms with E-state index in [4.69, 9.17) is 14.2 Å². The molecule has 0 bridgehead atoms. The zero-order chi connectivity index (χ0) is 22.3. The third-order valence-corrected chi connectivity index (χ3v) is 5.46. The summed E-state index contributed by atoms with van der Waals surface area (Å²) >= 11 is 0. The summed E-state index contributed by atoms with van der Waals surface area (Å²) in [6.45, 7) is 3.84. The predicted octanol–water partition coefficient (Wildman–Crippen LogP) is 5.08. The molecule has 0 N–H and O–H groups in total.